The number of aromatic nitrogens is 2. The monoisotopic (exact) mass is 365 g/mol. The molecule has 0 radical (unpaired) electrons. The zero-order valence-electron chi connectivity index (χ0n) is 15.8. The SMILES string of the molecule is CCCCOc1ccc(C=Nn2c(C)nc3ccccc3c2=O)cc1OC. The van der Waals surface area contributed by atoms with E-state index in [1.54, 1.807) is 26.3 Å². The second kappa shape index (κ2) is 8.49. The van der Waals surface area contributed by atoms with Crippen LogP contribution in [0.3, 0.4) is 0 Å². The van der Waals surface area contributed by atoms with Gasteiger partial charge in [-0.2, -0.15) is 9.78 Å². The van der Waals surface area contributed by atoms with Crippen molar-refractivity contribution in [3.8, 4) is 11.5 Å². The lowest BCUT2D eigenvalue weighted by molar-refractivity contribution is 0.288. The highest BCUT2D eigenvalue weighted by Crippen LogP contribution is 2.27. The van der Waals surface area contributed by atoms with Gasteiger partial charge in [0.25, 0.3) is 5.56 Å². The van der Waals surface area contributed by atoms with Gasteiger partial charge in [-0.25, -0.2) is 4.98 Å². The van der Waals surface area contributed by atoms with Gasteiger partial charge in [0, 0.05) is 0 Å². The van der Waals surface area contributed by atoms with Gasteiger partial charge in [-0.05, 0) is 49.2 Å². The van der Waals surface area contributed by atoms with Crippen LogP contribution in [0.2, 0.25) is 0 Å². The number of fused-ring (bicyclic) bond motifs is 1. The number of hydrogen-bond acceptors (Lipinski definition) is 5. The van der Waals surface area contributed by atoms with E-state index in [9.17, 15) is 4.79 Å². The van der Waals surface area contributed by atoms with Crippen LogP contribution < -0.4 is 15.0 Å². The van der Waals surface area contributed by atoms with E-state index in [1.165, 1.54) is 4.68 Å². The molecule has 0 saturated heterocycles. The summed E-state index contributed by atoms with van der Waals surface area (Å²) in [6.45, 7) is 4.53. The summed E-state index contributed by atoms with van der Waals surface area (Å²) in [4.78, 5) is 17.1. The largest absolute Gasteiger partial charge is 0.493 e. The third-order valence-corrected chi connectivity index (χ3v) is 4.18. The lowest BCUT2D eigenvalue weighted by Crippen LogP contribution is -2.20. The van der Waals surface area contributed by atoms with Gasteiger partial charge >= 0.3 is 0 Å². The van der Waals surface area contributed by atoms with Crippen LogP contribution in [0.25, 0.3) is 10.9 Å². The first-order chi connectivity index (χ1) is 13.1. The Morgan fingerprint density at radius 2 is 2.00 bits per heavy atom. The minimum Gasteiger partial charge on any atom is -0.493 e. The fraction of sp³-hybridized carbons (Fsp3) is 0.286. The van der Waals surface area contributed by atoms with E-state index in [0.717, 1.165) is 18.4 Å². The standard InChI is InChI=1S/C21H23N3O3/c1-4-5-12-27-19-11-10-16(13-20(19)26-3)14-22-24-15(2)23-18-9-7-6-8-17(18)21(24)25/h6-11,13-14H,4-5,12H2,1-3H3. The molecule has 27 heavy (non-hydrogen) atoms. The smallest absolute Gasteiger partial charge is 0.282 e. The Morgan fingerprint density at radius 3 is 2.78 bits per heavy atom. The zero-order valence-corrected chi connectivity index (χ0v) is 15.8. The molecule has 6 heteroatoms. The van der Waals surface area contributed by atoms with Gasteiger partial charge in [-0.3, -0.25) is 4.79 Å². The summed E-state index contributed by atoms with van der Waals surface area (Å²) < 4.78 is 12.5. The minimum atomic E-state index is -0.194. The predicted octanol–water partition coefficient (Wildman–Crippen LogP) is 3.77. The number of benzene rings is 2. The minimum absolute atomic E-state index is 0.194. The third kappa shape index (κ3) is 4.16. The molecule has 6 nitrogen and oxygen atoms in total. The molecule has 0 spiro atoms. The molecule has 0 aliphatic heterocycles. The summed E-state index contributed by atoms with van der Waals surface area (Å²) in [6.07, 6.45) is 3.67. The molecule has 1 aromatic heterocycles. The van der Waals surface area contributed by atoms with Crippen molar-refractivity contribution in [1.29, 1.82) is 0 Å². The zero-order chi connectivity index (χ0) is 19.2. The number of methoxy groups -OCH3 is 1. The maximum atomic E-state index is 12.7. The van der Waals surface area contributed by atoms with Crippen LogP contribution in [-0.4, -0.2) is 29.6 Å². The second-order valence-corrected chi connectivity index (χ2v) is 6.15. The fourth-order valence-electron chi connectivity index (χ4n) is 2.71. The summed E-state index contributed by atoms with van der Waals surface area (Å²) in [7, 11) is 1.60. The highest BCUT2D eigenvalue weighted by Gasteiger charge is 2.07. The predicted molar refractivity (Wildman–Crippen MR) is 107 cm³/mol. The van der Waals surface area contributed by atoms with Crippen molar-refractivity contribution in [2.75, 3.05) is 13.7 Å². The molecular formula is C21H23N3O3. The highest BCUT2D eigenvalue weighted by atomic mass is 16.5. The Balaban J connectivity index is 1.90. The number of para-hydroxylation sites is 1. The molecule has 0 bridgehead atoms. The van der Waals surface area contributed by atoms with Crippen molar-refractivity contribution in [3.05, 3.63) is 64.2 Å². The summed E-state index contributed by atoms with van der Waals surface area (Å²) >= 11 is 0. The Morgan fingerprint density at radius 1 is 1.19 bits per heavy atom. The van der Waals surface area contributed by atoms with Crippen molar-refractivity contribution in [2.45, 2.75) is 26.7 Å². The van der Waals surface area contributed by atoms with Crippen LogP contribution in [0.1, 0.15) is 31.2 Å². The molecule has 3 aromatic rings. The topological polar surface area (TPSA) is 65.7 Å². The first kappa shape index (κ1) is 18.6. The number of rotatable bonds is 7. The Hall–Kier alpha value is -3.15. The van der Waals surface area contributed by atoms with Crippen molar-refractivity contribution >= 4 is 17.1 Å². The molecule has 0 saturated carbocycles. The fourth-order valence-corrected chi connectivity index (χ4v) is 2.71. The number of aryl methyl sites for hydroxylation is 1. The first-order valence-electron chi connectivity index (χ1n) is 8.97. The van der Waals surface area contributed by atoms with E-state index in [1.807, 2.05) is 36.4 Å². The van der Waals surface area contributed by atoms with E-state index in [-0.39, 0.29) is 5.56 Å². The Bertz CT molecular complexity index is 1020. The number of hydrogen-bond donors (Lipinski definition) is 0. The lowest BCUT2D eigenvalue weighted by atomic mass is 10.2. The third-order valence-electron chi connectivity index (χ3n) is 4.18. The average Bonchev–Trinajstić information content (AvgIpc) is 2.68. The van der Waals surface area contributed by atoms with Gasteiger partial charge in [0.15, 0.2) is 11.5 Å². The van der Waals surface area contributed by atoms with E-state index in [0.29, 0.717) is 34.8 Å². The van der Waals surface area contributed by atoms with Crippen molar-refractivity contribution in [1.82, 2.24) is 9.66 Å². The van der Waals surface area contributed by atoms with Gasteiger partial charge in [-0.1, -0.05) is 25.5 Å². The number of unbranched alkanes of at least 4 members (excludes halogenated alkanes) is 1. The maximum Gasteiger partial charge on any atom is 0.282 e. The first-order valence-corrected chi connectivity index (χ1v) is 8.97. The number of ether oxygens (including phenoxy) is 2. The quantitative estimate of drug-likeness (QED) is 0.472. The molecule has 0 unspecified atom stereocenters. The van der Waals surface area contributed by atoms with Gasteiger partial charge in [0.1, 0.15) is 5.82 Å². The molecule has 140 valence electrons. The van der Waals surface area contributed by atoms with Gasteiger partial charge in [0.05, 0.1) is 30.8 Å². The summed E-state index contributed by atoms with van der Waals surface area (Å²) in [6, 6.07) is 12.8. The van der Waals surface area contributed by atoms with Crippen molar-refractivity contribution in [3.63, 3.8) is 0 Å². The molecule has 2 aromatic carbocycles. The molecule has 0 aliphatic rings. The highest BCUT2D eigenvalue weighted by molar-refractivity contribution is 5.81. The average molecular weight is 365 g/mol. The molecule has 0 amide bonds. The normalized spacial score (nSPS) is 11.2. The van der Waals surface area contributed by atoms with Crippen LogP contribution >= 0.6 is 0 Å². The summed E-state index contributed by atoms with van der Waals surface area (Å²) in [5.41, 5.74) is 1.27. The van der Waals surface area contributed by atoms with Gasteiger partial charge in [-0.15, -0.1) is 0 Å². The molecular weight excluding hydrogens is 342 g/mol. The van der Waals surface area contributed by atoms with Crippen LogP contribution in [0, 0.1) is 6.92 Å². The molecule has 1 heterocycles. The Kier molecular flexibility index (Phi) is 5.86. The van der Waals surface area contributed by atoms with Crippen molar-refractivity contribution < 1.29 is 9.47 Å². The summed E-state index contributed by atoms with van der Waals surface area (Å²) in [5, 5.41) is 4.87. The molecule has 0 atom stereocenters. The molecule has 0 N–H and O–H groups in total. The summed E-state index contributed by atoms with van der Waals surface area (Å²) in [5.74, 6) is 1.86. The maximum absolute atomic E-state index is 12.7. The van der Waals surface area contributed by atoms with Gasteiger partial charge < -0.3 is 9.47 Å². The van der Waals surface area contributed by atoms with Crippen LogP contribution in [0.5, 0.6) is 11.5 Å². The van der Waals surface area contributed by atoms with Crippen LogP contribution in [0.15, 0.2) is 52.4 Å². The van der Waals surface area contributed by atoms with Gasteiger partial charge in [0.2, 0.25) is 0 Å². The van der Waals surface area contributed by atoms with Crippen LogP contribution in [-0.2, 0) is 0 Å². The number of nitrogens with zero attached hydrogens (tertiary/aromatic N) is 3. The van der Waals surface area contributed by atoms with Crippen LogP contribution in [0.4, 0.5) is 0 Å². The van der Waals surface area contributed by atoms with E-state index < -0.39 is 0 Å². The van der Waals surface area contributed by atoms with E-state index >= 15 is 0 Å². The Labute approximate surface area is 158 Å². The molecule has 0 aliphatic carbocycles. The molecule has 3 rings (SSSR count). The lowest BCUT2D eigenvalue weighted by Gasteiger charge is -2.11. The van der Waals surface area contributed by atoms with E-state index in [4.69, 9.17) is 9.47 Å². The second-order valence-electron chi connectivity index (χ2n) is 6.15. The van der Waals surface area contributed by atoms with Crippen molar-refractivity contribution in [2.24, 2.45) is 5.10 Å². The molecule has 0 fully saturated rings. The van der Waals surface area contributed by atoms with E-state index in [2.05, 4.69) is 17.0 Å².